The molecule has 6 nitrogen and oxygen atoms in total. The Morgan fingerprint density at radius 2 is 2.12 bits per heavy atom. The van der Waals surface area contributed by atoms with E-state index < -0.39 is 0 Å². The number of thiazole rings is 1. The van der Waals surface area contributed by atoms with E-state index in [0.717, 1.165) is 36.9 Å². The van der Waals surface area contributed by atoms with Crippen molar-refractivity contribution in [1.29, 1.82) is 0 Å². The van der Waals surface area contributed by atoms with E-state index in [1.807, 2.05) is 6.07 Å². The molecule has 0 bridgehead atoms. The molecule has 0 radical (unpaired) electrons. The van der Waals surface area contributed by atoms with Gasteiger partial charge in [-0.3, -0.25) is 4.79 Å². The lowest BCUT2D eigenvalue weighted by Crippen LogP contribution is -2.49. The van der Waals surface area contributed by atoms with Crippen molar-refractivity contribution in [3.05, 3.63) is 38.8 Å². The summed E-state index contributed by atoms with van der Waals surface area (Å²) in [5.41, 5.74) is 2.08. The lowest BCUT2D eigenvalue weighted by molar-refractivity contribution is 0.112. The molecule has 0 amide bonds. The number of ether oxygens (including phenoxy) is 1. The summed E-state index contributed by atoms with van der Waals surface area (Å²) in [5, 5.41) is 5.67. The molecule has 0 saturated carbocycles. The fraction of sp³-hybridized carbons (Fsp3) is 0.611. The molecule has 0 unspecified atom stereocenters. The smallest absolute Gasteiger partial charge is 0.266 e. The number of fused-ring (bicyclic) bond motifs is 1. The first-order valence-electron chi connectivity index (χ1n) is 8.80. The van der Waals surface area contributed by atoms with Gasteiger partial charge in [0.1, 0.15) is 0 Å². The monoisotopic (exact) mass is 360 g/mol. The third-order valence-electron chi connectivity index (χ3n) is 4.78. The van der Waals surface area contributed by atoms with Gasteiger partial charge in [0.05, 0.1) is 36.0 Å². The molecule has 134 valence electrons. The van der Waals surface area contributed by atoms with Crippen LogP contribution in [0.2, 0.25) is 0 Å². The Labute approximate surface area is 151 Å². The highest BCUT2D eigenvalue weighted by Crippen LogP contribution is 2.33. The van der Waals surface area contributed by atoms with E-state index >= 15 is 0 Å². The number of nitrogens with zero attached hydrogens (tertiary/aromatic N) is 4. The molecule has 0 aliphatic carbocycles. The van der Waals surface area contributed by atoms with Gasteiger partial charge in [-0.25, -0.2) is 9.67 Å². The Balaban J connectivity index is 1.42. The van der Waals surface area contributed by atoms with Gasteiger partial charge < -0.3 is 9.64 Å². The van der Waals surface area contributed by atoms with Crippen LogP contribution in [0.1, 0.15) is 37.0 Å². The SMILES string of the molecule is CC(C)(C)c1ccc(=O)n(CC2CN(c3nc4c(s3)COCC4)C2)n1. The predicted octanol–water partition coefficient (Wildman–Crippen LogP) is 2.21. The van der Waals surface area contributed by atoms with E-state index in [1.54, 1.807) is 22.1 Å². The van der Waals surface area contributed by atoms with Gasteiger partial charge in [-0.1, -0.05) is 32.1 Å². The van der Waals surface area contributed by atoms with Crippen molar-refractivity contribution >= 4 is 16.5 Å². The molecule has 0 N–H and O–H groups in total. The fourth-order valence-corrected chi connectivity index (χ4v) is 4.27. The molecule has 2 aliphatic rings. The highest BCUT2D eigenvalue weighted by Gasteiger charge is 2.31. The Hall–Kier alpha value is -1.73. The van der Waals surface area contributed by atoms with Gasteiger partial charge >= 0.3 is 0 Å². The highest BCUT2D eigenvalue weighted by molar-refractivity contribution is 7.15. The van der Waals surface area contributed by atoms with Crippen molar-refractivity contribution in [3.63, 3.8) is 0 Å². The normalized spacial score (nSPS) is 18.1. The molecular formula is C18H24N4O2S. The van der Waals surface area contributed by atoms with Gasteiger partial charge in [-0.05, 0) is 6.07 Å². The zero-order valence-electron chi connectivity index (χ0n) is 15.0. The number of rotatable bonds is 3. The Bertz CT molecular complexity index is 807. The van der Waals surface area contributed by atoms with Crippen LogP contribution >= 0.6 is 11.3 Å². The fourth-order valence-electron chi connectivity index (χ4n) is 3.21. The molecule has 4 rings (SSSR count). The minimum Gasteiger partial charge on any atom is -0.375 e. The van der Waals surface area contributed by atoms with Gasteiger partial charge in [-0.15, -0.1) is 0 Å². The largest absolute Gasteiger partial charge is 0.375 e. The molecule has 0 aromatic carbocycles. The summed E-state index contributed by atoms with van der Waals surface area (Å²) in [5.74, 6) is 0.442. The van der Waals surface area contributed by atoms with Crippen LogP contribution in [0.4, 0.5) is 5.13 Å². The summed E-state index contributed by atoms with van der Waals surface area (Å²) in [4.78, 5) is 20.4. The second-order valence-corrected chi connectivity index (χ2v) is 8.99. The maximum Gasteiger partial charge on any atom is 0.266 e. The minimum absolute atomic E-state index is 0.0201. The van der Waals surface area contributed by atoms with Crippen LogP contribution in [0, 0.1) is 5.92 Å². The maximum absolute atomic E-state index is 12.1. The van der Waals surface area contributed by atoms with Gasteiger partial charge in [0.2, 0.25) is 0 Å². The number of hydrogen-bond donors (Lipinski definition) is 0. The molecule has 25 heavy (non-hydrogen) atoms. The first-order valence-corrected chi connectivity index (χ1v) is 9.62. The molecule has 2 aromatic rings. The molecule has 2 aromatic heterocycles. The summed E-state index contributed by atoms with van der Waals surface area (Å²) in [7, 11) is 0. The molecule has 1 saturated heterocycles. The van der Waals surface area contributed by atoms with Crippen molar-refractivity contribution in [1.82, 2.24) is 14.8 Å². The second-order valence-electron chi connectivity index (χ2n) is 7.93. The third kappa shape index (κ3) is 3.35. The molecular weight excluding hydrogens is 336 g/mol. The highest BCUT2D eigenvalue weighted by atomic mass is 32.1. The molecule has 4 heterocycles. The quantitative estimate of drug-likeness (QED) is 0.840. The topological polar surface area (TPSA) is 60.2 Å². The van der Waals surface area contributed by atoms with E-state index in [1.165, 1.54) is 10.6 Å². The zero-order valence-corrected chi connectivity index (χ0v) is 15.8. The molecule has 0 spiro atoms. The van der Waals surface area contributed by atoms with Crippen LogP contribution in [-0.4, -0.2) is 34.5 Å². The van der Waals surface area contributed by atoms with Crippen LogP contribution in [-0.2, 0) is 29.7 Å². The number of anilines is 1. The molecule has 7 heteroatoms. The Morgan fingerprint density at radius 3 is 2.84 bits per heavy atom. The predicted molar refractivity (Wildman–Crippen MR) is 98.4 cm³/mol. The molecule has 0 atom stereocenters. The zero-order chi connectivity index (χ0) is 17.6. The van der Waals surface area contributed by atoms with Crippen molar-refractivity contribution < 1.29 is 4.74 Å². The number of hydrogen-bond acceptors (Lipinski definition) is 6. The van der Waals surface area contributed by atoms with Crippen LogP contribution in [0.3, 0.4) is 0 Å². The van der Waals surface area contributed by atoms with Gasteiger partial charge in [0, 0.05) is 36.9 Å². The van der Waals surface area contributed by atoms with Crippen LogP contribution < -0.4 is 10.5 Å². The Kier molecular flexibility index (Phi) is 4.16. The van der Waals surface area contributed by atoms with Crippen molar-refractivity contribution in [2.75, 3.05) is 24.6 Å². The van der Waals surface area contributed by atoms with Crippen LogP contribution in [0.15, 0.2) is 16.9 Å². The van der Waals surface area contributed by atoms with Crippen LogP contribution in [0.25, 0.3) is 0 Å². The summed E-state index contributed by atoms with van der Waals surface area (Å²) >= 11 is 1.74. The standard InChI is InChI=1S/C18H24N4O2S/c1-18(2,3)15-4-5-16(23)22(20-15)10-12-8-21(9-12)17-19-13-6-7-24-11-14(13)25-17/h4-5,12H,6-11H2,1-3H3. The van der Waals surface area contributed by atoms with E-state index in [9.17, 15) is 4.79 Å². The summed E-state index contributed by atoms with van der Waals surface area (Å²) < 4.78 is 7.13. The van der Waals surface area contributed by atoms with Crippen molar-refractivity contribution in [2.45, 2.75) is 45.8 Å². The van der Waals surface area contributed by atoms with Gasteiger partial charge in [0.15, 0.2) is 5.13 Å². The molecule has 1 fully saturated rings. The van der Waals surface area contributed by atoms with Crippen molar-refractivity contribution in [2.24, 2.45) is 5.92 Å². The van der Waals surface area contributed by atoms with Crippen molar-refractivity contribution in [3.8, 4) is 0 Å². The maximum atomic E-state index is 12.1. The summed E-state index contributed by atoms with van der Waals surface area (Å²) in [6.07, 6.45) is 0.919. The van der Waals surface area contributed by atoms with Crippen LogP contribution in [0.5, 0.6) is 0 Å². The second kappa shape index (κ2) is 6.21. The number of aromatic nitrogens is 3. The van der Waals surface area contributed by atoms with Gasteiger partial charge in [0.25, 0.3) is 5.56 Å². The first kappa shape index (κ1) is 16.7. The van der Waals surface area contributed by atoms with E-state index in [-0.39, 0.29) is 11.0 Å². The average Bonchev–Trinajstić information content (AvgIpc) is 2.94. The van der Waals surface area contributed by atoms with E-state index in [2.05, 4.69) is 30.8 Å². The first-order chi connectivity index (χ1) is 11.9. The average molecular weight is 360 g/mol. The summed E-state index contributed by atoms with van der Waals surface area (Å²) in [6.45, 7) is 10.4. The lowest BCUT2D eigenvalue weighted by Gasteiger charge is -2.39. The third-order valence-corrected chi connectivity index (χ3v) is 5.91. The lowest BCUT2D eigenvalue weighted by atomic mass is 9.92. The van der Waals surface area contributed by atoms with E-state index in [4.69, 9.17) is 9.72 Å². The van der Waals surface area contributed by atoms with E-state index in [0.29, 0.717) is 19.1 Å². The Morgan fingerprint density at radius 1 is 1.32 bits per heavy atom. The molecule has 2 aliphatic heterocycles. The minimum atomic E-state index is -0.0525. The summed E-state index contributed by atoms with van der Waals surface area (Å²) in [6, 6.07) is 3.48. The van der Waals surface area contributed by atoms with Gasteiger partial charge in [-0.2, -0.15) is 5.10 Å².